The predicted octanol–water partition coefficient (Wildman–Crippen LogP) is 5.17. The van der Waals surface area contributed by atoms with E-state index in [2.05, 4.69) is 17.4 Å². The lowest BCUT2D eigenvalue weighted by molar-refractivity contribution is 0.0949. The number of aromatic nitrogens is 1. The van der Waals surface area contributed by atoms with Crippen molar-refractivity contribution in [3.63, 3.8) is 0 Å². The summed E-state index contributed by atoms with van der Waals surface area (Å²) in [7, 11) is 0. The summed E-state index contributed by atoms with van der Waals surface area (Å²) < 4.78 is 11.0. The summed E-state index contributed by atoms with van der Waals surface area (Å²) in [6, 6.07) is 17.6. The van der Waals surface area contributed by atoms with Gasteiger partial charge in [0, 0.05) is 17.5 Å². The molecule has 1 heterocycles. The Morgan fingerprint density at radius 1 is 1.10 bits per heavy atom. The van der Waals surface area contributed by atoms with Gasteiger partial charge < -0.3 is 14.6 Å². The molecule has 152 valence electrons. The van der Waals surface area contributed by atoms with E-state index < -0.39 is 0 Å². The number of hydrogen-bond donors (Lipinski definition) is 1. The zero-order chi connectivity index (χ0) is 20.5. The van der Waals surface area contributed by atoms with Crippen LogP contribution in [0.3, 0.4) is 0 Å². The summed E-state index contributed by atoms with van der Waals surface area (Å²) in [5.41, 5.74) is 2.76. The fraction of sp³-hybridized carbons (Fsp3) is 0.304. The van der Waals surface area contributed by atoms with Crippen LogP contribution in [0.1, 0.15) is 40.2 Å². The highest BCUT2D eigenvalue weighted by molar-refractivity contribution is 7.98. The molecule has 0 spiro atoms. The van der Waals surface area contributed by atoms with Gasteiger partial charge in [-0.25, -0.2) is 0 Å². The molecule has 0 atom stereocenters. The minimum Gasteiger partial charge on any atom is -0.494 e. The number of ether oxygens (including phenoxy) is 1. The van der Waals surface area contributed by atoms with Gasteiger partial charge in [0.1, 0.15) is 11.5 Å². The number of nitrogens with zero attached hydrogens (tertiary/aromatic N) is 1. The molecule has 0 aliphatic rings. The van der Waals surface area contributed by atoms with Gasteiger partial charge in [0.2, 0.25) is 0 Å². The second kappa shape index (κ2) is 10.7. The lowest BCUT2D eigenvalue weighted by Gasteiger charge is -2.10. The first-order valence-electron chi connectivity index (χ1n) is 9.73. The largest absolute Gasteiger partial charge is 0.494 e. The van der Waals surface area contributed by atoms with Crippen molar-refractivity contribution in [2.45, 2.75) is 37.3 Å². The Morgan fingerprint density at radius 3 is 2.66 bits per heavy atom. The molecule has 6 heteroatoms. The summed E-state index contributed by atoms with van der Waals surface area (Å²) in [6.45, 7) is 5.21. The Hall–Kier alpha value is -2.73. The van der Waals surface area contributed by atoms with Crippen LogP contribution in [0.4, 0.5) is 0 Å². The maximum absolute atomic E-state index is 12.6. The van der Waals surface area contributed by atoms with Crippen LogP contribution in [-0.4, -0.2) is 24.2 Å². The van der Waals surface area contributed by atoms with Gasteiger partial charge in [-0.3, -0.25) is 4.79 Å². The Balaban J connectivity index is 1.40. The van der Waals surface area contributed by atoms with E-state index in [9.17, 15) is 4.79 Å². The zero-order valence-corrected chi connectivity index (χ0v) is 17.6. The molecule has 3 rings (SSSR count). The summed E-state index contributed by atoms with van der Waals surface area (Å²) >= 11 is 1.57. The second-order valence-corrected chi connectivity index (χ2v) is 7.86. The summed E-state index contributed by atoms with van der Waals surface area (Å²) in [6.07, 6.45) is 1.75. The maximum Gasteiger partial charge on any atom is 0.252 e. The fourth-order valence-corrected chi connectivity index (χ4v) is 3.69. The molecule has 0 aliphatic carbocycles. The molecule has 0 bridgehead atoms. The average Bonchev–Trinajstić information content (AvgIpc) is 3.15. The van der Waals surface area contributed by atoms with Crippen molar-refractivity contribution >= 4 is 17.7 Å². The number of rotatable bonds is 10. The van der Waals surface area contributed by atoms with Crippen LogP contribution in [0.25, 0.3) is 0 Å². The zero-order valence-electron chi connectivity index (χ0n) is 16.8. The van der Waals surface area contributed by atoms with Crippen LogP contribution < -0.4 is 10.1 Å². The minimum absolute atomic E-state index is 0.0543. The molecule has 1 amide bonds. The molecule has 0 radical (unpaired) electrons. The van der Waals surface area contributed by atoms with E-state index in [4.69, 9.17) is 9.26 Å². The van der Waals surface area contributed by atoms with Crippen molar-refractivity contribution in [3.05, 3.63) is 77.2 Å². The van der Waals surface area contributed by atoms with Gasteiger partial charge in [0.25, 0.3) is 5.91 Å². The van der Waals surface area contributed by atoms with E-state index in [1.165, 1.54) is 5.56 Å². The highest BCUT2D eigenvalue weighted by Gasteiger charge is 2.12. The molecule has 2 aromatic carbocycles. The summed E-state index contributed by atoms with van der Waals surface area (Å²) in [5.74, 6) is 2.27. The third kappa shape index (κ3) is 6.68. The number of unbranched alkanes of at least 4 members (excludes halogenated alkanes) is 1. The highest BCUT2D eigenvalue weighted by Crippen LogP contribution is 2.26. The van der Waals surface area contributed by atoms with E-state index in [0.29, 0.717) is 24.5 Å². The number of nitrogens with one attached hydrogen (secondary N) is 1. The number of carbonyl (C=O) groups excluding carboxylic acids is 1. The molecule has 0 fully saturated rings. The Labute approximate surface area is 175 Å². The predicted molar refractivity (Wildman–Crippen MR) is 115 cm³/mol. The number of aryl methyl sites for hydroxylation is 2. The normalized spacial score (nSPS) is 10.7. The first kappa shape index (κ1) is 21.0. The van der Waals surface area contributed by atoms with Crippen LogP contribution in [0, 0.1) is 13.8 Å². The smallest absolute Gasteiger partial charge is 0.252 e. The lowest BCUT2D eigenvalue weighted by Crippen LogP contribution is -2.25. The van der Waals surface area contributed by atoms with Crippen molar-refractivity contribution in [2.75, 3.05) is 13.2 Å². The van der Waals surface area contributed by atoms with Crippen LogP contribution in [0.2, 0.25) is 0 Å². The minimum atomic E-state index is -0.0543. The van der Waals surface area contributed by atoms with E-state index in [0.717, 1.165) is 34.9 Å². The molecular weight excluding hydrogens is 384 g/mol. The topological polar surface area (TPSA) is 64.4 Å². The molecule has 0 saturated carbocycles. The van der Waals surface area contributed by atoms with E-state index in [1.54, 1.807) is 11.8 Å². The Kier molecular flexibility index (Phi) is 7.76. The third-order valence-corrected chi connectivity index (χ3v) is 5.42. The van der Waals surface area contributed by atoms with Gasteiger partial charge in [-0.15, -0.1) is 11.8 Å². The van der Waals surface area contributed by atoms with Gasteiger partial charge >= 0.3 is 0 Å². The standard InChI is InChI=1S/C23H26N2O3S/c1-17-9-11-19(12-10-17)27-14-6-5-13-24-23(26)21-7-3-4-8-22(21)29-16-20-15-18(2)25-28-20/h3-4,7-12,15H,5-6,13-14,16H2,1-2H3,(H,24,26). The van der Waals surface area contributed by atoms with Crippen LogP contribution in [0.5, 0.6) is 5.75 Å². The lowest BCUT2D eigenvalue weighted by atomic mass is 10.2. The molecule has 5 nitrogen and oxygen atoms in total. The number of hydrogen-bond acceptors (Lipinski definition) is 5. The van der Waals surface area contributed by atoms with E-state index in [1.807, 2.05) is 61.5 Å². The number of thioether (sulfide) groups is 1. The van der Waals surface area contributed by atoms with Gasteiger partial charge in [0.15, 0.2) is 0 Å². The van der Waals surface area contributed by atoms with Crippen LogP contribution in [0.15, 0.2) is 64.0 Å². The molecular formula is C23H26N2O3S. The van der Waals surface area contributed by atoms with Crippen molar-refractivity contribution in [1.29, 1.82) is 0 Å². The maximum atomic E-state index is 12.6. The fourth-order valence-electron chi connectivity index (χ4n) is 2.76. The molecule has 29 heavy (non-hydrogen) atoms. The monoisotopic (exact) mass is 410 g/mol. The molecule has 1 N–H and O–H groups in total. The quantitative estimate of drug-likeness (QED) is 0.369. The third-order valence-electron chi connectivity index (χ3n) is 4.32. The van der Waals surface area contributed by atoms with Crippen molar-refractivity contribution in [2.24, 2.45) is 0 Å². The number of carbonyl (C=O) groups is 1. The average molecular weight is 411 g/mol. The van der Waals surface area contributed by atoms with E-state index >= 15 is 0 Å². The van der Waals surface area contributed by atoms with Crippen molar-refractivity contribution in [1.82, 2.24) is 10.5 Å². The SMILES string of the molecule is Cc1ccc(OCCCCNC(=O)c2ccccc2SCc2cc(C)no2)cc1. The van der Waals surface area contributed by atoms with Gasteiger partial charge in [-0.05, 0) is 51.0 Å². The first-order valence-corrected chi connectivity index (χ1v) is 10.7. The molecule has 0 unspecified atom stereocenters. The summed E-state index contributed by atoms with van der Waals surface area (Å²) in [5, 5.41) is 6.90. The Morgan fingerprint density at radius 2 is 1.90 bits per heavy atom. The number of amides is 1. The second-order valence-electron chi connectivity index (χ2n) is 6.84. The molecule has 0 aliphatic heterocycles. The van der Waals surface area contributed by atoms with Crippen LogP contribution >= 0.6 is 11.8 Å². The molecule has 0 saturated heterocycles. The van der Waals surface area contributed by atoms with Gasteiger partial charge in [-0.2, -0.15) is 0 Å². The summed E-state index contributed by atoms with van der Waals surface area (Å²) in [4.78, 5) is 13.5. The Bertz CT molecular complexity index is 922. The van der Waals surface area contributed by atoms with E-state index in [-0.39, 0.29) is 5.91 Å². The van der Waals surface area contributed by atoms with Crippen molar-refractivity contribution in [3.8, 4) is 5.75 Å². The molecule has 1 aromatic heterocycles. The highest BCUT2D eigenvalue weighted by atomic mass is 32.2. The first-order chi connectivity index (χ1) is 14.1. The molecule has 3 aromatic rings. The van der Waals surface area contributed by atoms with Crippen LogP contribution in [-0.2, 0) is 5.75 Å². The number of benzene rings is 2. The van der Waals surface area contributed by atoms with Crippen molar-refractivity contribution < 1.29 is 14.1 Å². The van der Waals surface area contributed by atoms with Gasteiger partial charge in [0.05, 0.1) is 23.6 Å². The van der Waals surface area contributed by atoms with Gasteiger partial charge in [-0.1, -0.05) is 35.0 Å².